The molecule has 0 aromatic carbocycles. The molecular weight excluding hydrogens is 148 g/mol. The topological polar surface area (TPSA) is 115 Å². The molecule has 11 heavy (non-hydrogen) atoms. The molecule has 0 spiro atoms. The van der Waals surface area contributed by atoms with E-state index in [4.69, 9.17) is 11.1 Å². The van der Waals surface area contributed by atoms with Crippen LogP contribution >= 0.6 is 0 Å². The van der Waals surface area contributed by atoms with Crippen molar-refractivity contribution >= 4 is 6.03 Å². The Morgan fingerprint density at radius 1 is 1.27 bits per heavy atom. The molecule has 0 aromatic rings. The molecule has 2 amide bonds. The Morgan fingerprint density at radius 3 is 1.73 bits per heavy atom. The lowest BCUT2D eigenvalue weighted by molar-refractivity contribution is 0.256. The molecule has 7 nitrogen and oxygen atoms in total. The zero-order chi connectivity index (χ0) is 9.11. The summed E-state index contributed by atoms with van der Waals surface area (Å²) in [5.41, 5.74) is 15.0. The highest BCUT2D eigenvalue weighted by Crippen LogP contribution is 1.80. The van der Waals surface area contributed by atoms with Gasteiger partial charge in [-0.2, -0.15) is 0 Å². The molecule has 0 saturated carbocycles. The number of amides is 2. The van der Waals surface area contributed by atoms with Crippen molar-refractivity contribution < 1.29 is 4.79 Å². The van der Waals surface area contributed by atoms with Crippen LogP contribution in [0.2, 0.25) is 0 Å². The van der Waals surface area contributed by atoms with Crippen molar-refractivity contribution in [3.8, 4) is 0 Å². The Hall–Kier alpha value is -1.71. The van der Waals surface area contributed by atoms with Gasteiger partial charge in [0, 0.05) is 9.82 Å². The van der Waals surface area contributed by atoms with Crippen molar-refractivity contribution in [2.24, 2.45) is 10.2 Å². The Kier molecular flexibility index (Phi) is 12.2. The largest absolute Gasteiger partial charge is 0.305 e. The summed E-state index contributed by atoms with van der Waals surface area (Å²) < 4.78 is 0. The Morgan fingerprint density at radius 2 is 1.55 bits per heavy atom. The number of rotatable bonds is 0. The number of carbonyl (C=O) groups excluding carboxylic acids is 1. The molecule has 60 valence electrons. The molecule has 7 heteroatoms. The van der Waals surface area contributed by atoms with Crippen LogP contribution in [0.3, 0.4) is 0 Å². The van der Waals surface area contributed by atoms with E-state index in [1.165, 1.54) is 6.42 Å². The van der Waals surface area contributed by atoms with Crippen molar-refractivity contribution in [1.29, 1.82) is 0 Å². The molecule has 0 fully saturated rings. The number of hydrogen-bond acceptors (Lipinski definition) is 1. The molecule has 0 aliphatic rings. The van der Waals surface area contributed by atoms with Gasteiger partial charge < -0.3 is 0 Å². The van der Waals surface area contributed by atoms with Gasteiger partial charge in [-0.3, -0.25) is 4.79 Å². The molecule has 0 aromatic heterocycles. The van der Waals surface area contributed by atoms with Gasteiger partial charge in [-0.05, 0) is 21.3 Å². The minimum Gasteiger partial charge on any atom is -0.285 e. The number of azide groups is 1. The van der Waals surface area contributed by atoms with E-state index in [1.54, 1.807) is 0 Å². The average molecular weight is 156 g/mol. The first-order chi connectivity index (χ1) is 5.22. The van der Waals surface area contributed by atoms with Gasteiger partial charge in [-0.1, -0.05) is 20.3 Å². The summed E-state index contributed by atoms with van der Waals surface area (Å²) in [6.07, 6.45) is 1.25. The number of hydrogen-bond donors (Lipinski definition) is 0. The number of nitrogens with zero attached hydrogens (tertiary/aromatic N) is 6. The minimum absolute atomic E-state index is 1.17. The van der Waals surface area contributed by atoms with Crippen LogP contribution in [0.4, 0.5) is 4.79 Å². The average Bonchev–Trinajstić information content (AvgIpc) is 1.90. The fourth-order valence-corrected chi connectivity index (χ4v) is 0.0965. The molecular formula is C4H8N6O. The Balaban J connectivity index is 0. The SMILES string of the molecule is CCC.[N-]=[N+]=NC(=O)N=[N+]=[N-]. The summed E-state index contributed by atoms with van der Waals surface area (Å²) in [6, 6.07) is -1.17. The second kappa shape index (κ2) is 11.1. The van der Waals surface area contributed by atoms with Crippen LogP contribution in [0.25, 0.3) is 20.9 Å². The van der Waals surface area contributed by atoms with Crippen LogP contribution in [-0.2, 0) is 0 Å². The van der Waals surface area contributed by atoms with Crippen LogP contribution in [0, 0.1) is 0 Å². The lowest BCUT2D eigenvalue weighted by atomic mass is 10.6. The highest BCUT2D eigenvalue weighted by molar-refractivity contribution is 5.75. The molecule has 0 aliphatic carbocycles. The van der Waals surface area contributed by atoms with E-state index >= 15 is 0 Å². The van der Waals surface area contributed by atoms with Crippen molar-refractivity contribution in [1.82, 2.24) is 0 Å². The molecule has 0 rings (SSSR count). The first-order valence-corrected chi connectivity index (χ1v) is 2.87. The van der Waals surface area contributed by atoms with Crippen LogP contribution in [-0.4, -0.2) is 6.03 Å². The normalized spacial score (nSPS) is 6.00. The zero-order valence-corrected chi connectivity index (χ0v) is 6.30. The van der Waals surface area contributed by atoms with E-state index < -0.39 is 6.03 Å². The lowest BCUT2D eigenvalue weighted by Gasteiger charge is -1.65. The number of carbonyl (C=O) groups is 1. The summed E-state index contributed by atoms with van der Waals surface area (Å²) in [7, 11) is 0. The van der Waals surface area contributed by atoms with E-state index in [1.807, 2.05) is 0 Å². The standard InChI is InChI=1S/C3H8.CN6O/c1-3-2;2-6-4-1(8)5-7-3/h3H2,1-2H3;. The lowest BCUT2D eigenvalue weighted by Crippen LogP contribution is -1.73. The third kappa shape index (κ3) is 17.8. The van der Waals surface area contributed by atoms with Crippen molar-refractivity contribution in [2.45, 2.75) is 20.3 Å². The summed E-state index contributed by atoms with van der Waals surface area (Å²) in [5, 5.41) is 4.87. The molecule has 0 heterocycles. The van der Waals surface area contributed by atoms with Gasteiger partial charge in [0.1, 0.15) is 0 Å². The van der Waals surface area contributed by atoms with Crippen molar-refractivity contribution in [3.05, 3.63) is 20.9 Å². The second-order valence-corrected chi connectivity index (χ2v) is 1.37. The molecule has 0 unspecified atom stereocenters. The van der Waals surface area contributed by atoms with Crippen molar-refractivity contribution in [2.75, 3.05) is 0 Å². The van der Waals surface area contributed by atoms with Gasteiger partial charge in [0.2, 0.25) is 0 Å². The predicted molar refractivity (Wildman–Crippen MR) is 39.7 cm³/mol. The molecule has 0 aliphatic heterocycles. The molecule has 0 atom stereocenters. The maximum atomic E-state index is 9.80. The van der Waals surface area contributed by atoms with E-state index in [9.17, 15) is 4.79 Å². The molecule has 0 bridgehead atoms. The van der Waals surface area contributed by atoms with Gasteiger partial charge >= 0.3 is 6.03 Å². The Bertz CT molecular complexity index is 179. The fourth-order valence-electron chi connectivity index (χ4n) is 0.0965. The first-order valence-electron chi connectivity index (χ1n) is 2.87. The highest BCUT2D eigenvalue weighted by atomic mass is 16.2. The third-order valence-electron chi connectivity index (χ3n) is 0.261. The molecule has 0 radical (unpaired) electrons. The first kappa shape index (κ1) is 12.0. The van der Waals surface area contributed by atoms with Gasteiger partial charge in [0.15, 0.2) is 0 Å². The minimum atomic E-state index is -1.17. The fraction of sp³-hybridized carbons (Fsp3) is 0.750. The summed E-state index contributed by atoms with van der Waals surface area (Å²) in [6.45, 7) is 4.25. The number of urea groups is 1. The van der Waals surface area contributed by atoms with Gasteiger partial charge in [-0.15, -0.1) is 0 Å². The molecule has 0 saturated heterocycles. The van der Waals surface area contributed by atoms with Crippen LogP contribution < -0.4 is 0 Å². The maximum Gasteiger partial charge on any atom is 0.305 e. The van der Waals surface area contributed by atoms with Crippen molar-refractivity contribution in [3.63, 3.8) is 0 Å². The summed E-state index contributed by atoms with van der Waals surface area (Å²) >= 11 is 0. The monoisotopic (exact) mass is 156 g/mol. The van der Waals surface area contributed by atoms with Crippen LogP contribution in [0.15, 0.2) is 10.2 Å². The third-order valence-corrected chi connectivity index (χ3v) is 0.261. The quantitative estimate of drug-likeness (QED) is 0.299. The van der Waals surface area contributed by atoms with E-state index in [2.05, 4.69) is 33.9 Å². The second-order valence-electron chi connectivity index (χ2n) is 1.37. The van der Waals surface area contributed by atoms with E-state index in [0.29, 0.717) is 0 Å². The van der Waals surface area contributed by atoms with E-state index in [0.717, 1.165) is 0 Å². The van der Waals surface area contributed by atoms with Gasteiger partial charge in [0.05, 0.1) is 0 Å². The smallest absolute Gasteiger partial charge is 0.285 e. The van der Waals surface area contributed by atoms with Crippen LogP contribution in [0.1, 0.15) is 20.3 Å². The maximum absolute atomic E-state index is 9.80. The highest BCUT2D eigenvalue weighted by Gasteiger charge is 1.84. The summed E-state index contributed by atoms with van der Waals surface area (Å²) in [5.74, 6) is 0. The van der Waals surface area contributed by atoms with Gasteiger partial charge in [0.25, 0.3) is 0 Å². The van der Waals surface area contributed by atoms with Crippen LogP contribution in [0.5, 0.6) is 0 Å². The predicted octanol–water partition coefficient (Wildman–Crippen LogP) is 3.14. The summed E-state index contributed by atoms with van der Waals surface area (Å²) in [4.78, 5) is 13.9. The van der Waals surface area contributed by atoms with E-state index in [-0.39, 0.29) is 0 Å². The zero-order valence-electron chi connectivity index (χ0n) is 6.30. The van der Waals surface area contributed by atoms with Gasteiger partial charge in [-0.25, -0.2) is 0 Å². The Labute approximate surface area is 63.3 Å². The molecule has 0 N–H and O–H groups in total.